The van der Waals surface area contributed by atoms with E-state index in [1.165, 1.54) is 0 Å². The first kappa shape index (κ1) is 8.49. The van der Waals surface area contributed by atoms with Crippen LogP contribution in [0.25, 0.3) is 0 Å². The van der Waals surface area contributed by atoms with E-state index in [9.17, 15) is 4.79 Å². The number of carbonyl (C=O) groups excluding carboxylic acids is 1. The number of hydrogen-bond acceptors (Lipinski definition) is 2. The molecule has 0 aliphatic rings. The van der Waals surface area contributed by atoms with E-state index in [0.717, 1.165) is 0 Å². The van der Waals surface area contributed by atoms with Gasteiger partial charge in [-0.1, -0.05) is 0 Å². The maximum absolute atomic E-state index is 10.6. The van der Waals surface area contributed by atoms with Gasteiger partial charge in [0.2, 0.25) is 7.85 Å². The average molecular weight is 128 g/mol. The largest absolute Gasteiger partial charge is 0.342 e. The first-order valence-electron chi connectivity index (χ1n) is 2.90. The Morgan fingerprint density at radius 3 is 2.00 bits per heavy atom. The van der Waals surface area contributed by atoms with Gasteiger partial charge in [0.25, 0.3) is 0 Å². The third kappa shape index (κ3) is 4.03. The zero-order valence-corrected chi connectivity index (χ0v) is 6.51. The van der Waals surface area contributed by atoms with Crippen LogP contribution < -0.4 is 0 Å². The van der Waals surface area contributed by atoms with Crippen LogP contribution >= 0.6 is 0 Å². The van der Waals surface area contributed by atoms with E-state index in [1.54, 1.807) is 19.8 Å². The molecule has 0 spiro atoms. The summed E-state index contributed by atoms with van der Waals surface area (Å²) in [7, 11) is 7.20. The number of carbonyl (C=O) groups is 1. The molecule has 0 saturated heterocycles. The molecule has 4 heteroatoms. The maximum Gasteiger partial charge on any atom is 0.215 e. The highest BCUT2D eigenvalue weighted by atomic mass is 16.1. The molecule has 0 bridgehead atoms. The molecule has 0 aliphatic carbocycles. The van der Waals surface area contributed by atoms with Crippen molar-refractivity contribution in [3.63, 3.8) is 0 Å². The summed E-state index contributed by atoms with van der Waals surface area (Å²) in [4.78, 5) is 14.2. The lowest BCUT2D eigenvalue weighted by atomic mass is 10.1. The van der Waals surface area contributed by atoms with E-state index in [2.05, 4.69) is 0 Å². The van der Waals surface area contributed by atoms with Crippen LogP contribution in [0.5, 0.6) is 0 Å². The quantitative estimate of drug-likeness (QED) is 0.358. The Bertz CT molecular complexity index is 105. The Hall–Kier alpha value is -0.505. The Balaban J connectivity index is 3.50. The Morgan fingerprint density at radius 2 is 1.89 bits per heavy atom. The highest BCUT2D eigenvalue weighted by Crippen LogP contribution is 1.83. The monoisotopic (exact) mass is 128 g/mol. The fourth-order valence-corrected chi connectivity index (χ4v) is 0.524. The average Bonchev–Trinajstić information content (AvgIpc) is 1.63. The molecule has 0 aromatic heterocycles. The van der Waals surface area contributed by atoms with Crippen LogP contribution in [-0.4, -0.2) is 51.3 Å². The molecular formula is C5H13BN2O. The first-order valence-corrected chi connectivity index (χ1v) is 2.90. The van der Waals surface area contributed by atoms with Gasteiger partial charge < -0.3 is 4.90 Å². The molecule has 0 radical (unpaired) electrons. The molecule has 3 nitrogen and oxygen atoms in total. The van der Waals surface area contributed by atoms with Crippen molar-refractivity contribution in [2.75, 3.05) is 27.8 Å². The topological polar surface area (TPSA) is 23.6 Å². The molecule has 0 rings (SSSR count). The van der Waals surface area contributed by atoms with Gasteiger partial charge >= 0.3 is 0 Å². The summed E-state index contributed by atoms with van der Waals surface area (Å²) in [6, 6.07) is 0. The molecule has 0 saturated carbocycles. The summed E-state index contributed by atoms with van der Waals surface area (Å²) >= 11 is 0. The van der Waals surface area contributed by atoms with Gasteiger partial charge in [-0.05, 0) is 14.1 Å². The minimum absolute atomic E-state index is 0.101. The predicted molar refractivity (Wildman–Crippen MR) is 40.3 cm³/mol. The van der Waals surface area contributed by atoms with E-state index in [-0.39, 0.29) is 5.81 Å². The van der Waals surface area contributed by atoms with Crippen molar-refractivity contribution in [2.24, 2.45) is 0 Å². The number of nitrogens with zero attached hydrogens (tertiary/aromatic N) is 2. The van der Waals surface area contributed by atoms with Crippen LogP contribution in [0.15, 0.2) is 0 Å². The minimum atomic E-state index is 0.101. The third-order valence-corrected chi connectivity index (χ3v) is 1.03. The van der Waals surface area contributed by atoms with Crippen molar-refractivity contribution in [3.8, 4) is 0 Å². The number of rotatable bonds is 2. The van der Waals surface area contributed by atoms with E-state index in [1.807, 2.05) is 19.0 Å². The van der Waals surface area contributed by atoms with E-state index < -0.39 is 0 Å². The Kier molecular flexibility index (Phi) is 3.31. The Labute approximate surface area is 57.0 Å². The number of amides is 1. The van der Waals surface area contributed by atoms with E-state index >= 15 is 0 Å². The predicted octanol–water partition coefficient (Wildman–Crippen LogP) is -0.810. The third-order valence-electron chi connectivity index (χ3n) is 1.03. The molecule has 52 valence electrons. The van der Waals surface area contributed by atoms with Gasteiger partial charge in [0.05, 0.1) is 6.67 Å². The second-order valence-electron chi connectivity index (χ2n) is 2.44. The smallest absolute Gasteiger partial charge is 0.215 e. The summed E-state index contributed by atoms with van der Waals surface area (Å²) in [5.41, 5.74) is 0. The van der Waals surface area contributed by atoms with Crippen molar-refractivity contribution < 1.29 is 4.79 Å². The molecule has 0 N–H and O–H groups in total. The lowest BCUT2D eigenvalue weighted by Crippen LogP contribution is -2.34. The second kappa shape index (κ2) is 3.51. The van der Waals surface area contributed by atoms with Crippen molar-refractivity contribution >= 4 is 13.7 Å². The molecule has 0 atom stereocenters. The van der Waals surface area contributed by atoms with Crippen LogP contribution in [0.3, 0.4) is 0 Å². The summed E-state index contributed by atoms with van der Waals surface area (Å²) < 4.78 is 0. The van der Waals surface area contributed by atoms with Gasteiger partial charge in [-0.3, -0.25) is 9.69 Å². The molecular weight excluding hydrogens is 115 g/mol. The SMILES string of the molecule is BC(=O)N(C)CN(C)C. The van der Waals surface area contributed by atoms with Gasteiger partial charge in [-0.25, -0.2) is 0 Å². The summed E-state index contributed by atoms with van der Waals surface area (Å²) in [6.45, 7) is 0.690. The van der Waals surface area contributed by atoms with Gasteiger partial charge in [0, 0.05) is 7.05 Å². The molecule has 0 unspecified atom stereocenters. The second-order valence-corrected chi connectivity index (χ2v) is 2.44. The zero-order chi connectivity index (χ0) is 7.44. The van der Waals surface area contributed by atoms with Crippen LogP contribution in [-0.2, 0) is 0 Å². The van der Waals surface area contributed by atoms with Crippen molar-refractivity contribution in [1.29, 1.82) is 0 Å². The van der Waals surface area contributed by atoms with Crippen LogP contribution in [0.4, 0.5) is 4.79 Å². The normalized spacial score (nSPS) is 9.78. The van der Waals surface area contributed by atoms with E-state index in [4.69, 9.17) is 0 Å². The number of hydrogen-bond donors (Lipinski definition) is 0. The molecule has 0 aliphatic heterocycles. The van der Waals surface area contributed by atoms with Crippen LogP contribution in [0, 0.1) is 0 Å². The van der Waals surface area contributed by atoms with Crippen LogP contribution in [0.1, 0.15) is 0 Å². The summed E-state index contributed by atoms with van der Waals surface area (Å²) in [5.74, 6) is 0.101. The maximum atomic E-state index is 10.6. The van der Waals surface area contributed by atoms with Crippen molar-refractivity contribution in [1.82, 2.24) is 9.80 Å². The first-order chi connectivity index (χ1) is 4.04. The van der Waals surface area contributed by atoms with Crippen molar-refractivity contribution in [3.05, 3.63) is 0 Å². The fraction of sp³-hybridized carbons (Fsp3) is 0.800. The van der Waals surface area contributed by atoms with Crippen LogP contribution in [0.2, 0.25) is 0 Å². The molecule has 0 heterocycles. The zero-order valence-electron chi connectivity index (χ0n) is 6.51. The summed E-state index contributed by atoms with van der Waals surface area (Å²) in [6.07, 6.45) is 0. The molecule has 0 fully saturated rings. The molecule has 1 amide bonds. The fourth-order valence-electron chi connectivity index (χ4n) is 0.524. The highest BCUT2D eigenvalue weighted by Gasteiger charge is 2.00. The van der Waals surface area contributed by atoms with Gasteiger partial charge in [0.1, 0.15) is 0 Å². The molecule has 0 aromatic carbocycles. The molecule has 0 aromatic rings. The van der Waals surface area contributed by atoms with E-state index in [0.29, 0.717) is 6.67 Å². The standard InChI is InChI=1S/C5H13BN2O/c1-7(2)4-8(3)5(6)9/h4,6H2,1-3H3. The van der Waals surface area contributed by atoms with Gasteiger partial charge in [0.15, 0.2) is 5.81 Å². The highest BCUT2D eigenvalue weighted by molar-refractivity contribution is 6.56. The summed E-state index contributed by atoms with van der Waals surface area (Å²) in [5, 5.41) is 0. The van der Waals surface area contributed by atoms with Crippen molar-refractivity contribution in [2.45, 2.75) is 0 Å². The molecule has 9 heavy (non-hydrogen) atoms. The lowest BCUT2D eigenvalue weighted by molar-refractivity contribution is 0.204. The van der Waals surface area contributed by atoms with Gasteiger partial charge in [-0.2, -0.15) is 0 Å². The lowest BCUT2D eigenvalue weighted by Gasteiger charge is -2.19. The minimum Gasteiger partial charge on any atom is -0.342 e. The Morgan fingerprint density at radius 1 is 1.44 bits per heavy atom. The van der Waals surface area contributed by atoms with Gasteiger partial charge in [-0.15, -0.1) is 0 Å².